The molecule has 1 aromatic carbocycles. The highest BCUT2D eigenvalue weighted by Crippen LogP contribution is 2.42. The molecule has 0 fully saturated rings. The zero-order valence-corrected chi connectivity index (χ0v) is 11.8. The van der Waals surface area contributed by atoms with Gasteiger partial charge in [-0.2, -0.15) is 4.98 Å². The summed E-state index contributed by atoms with van der Waals surface area (Å²) in [5, 5.41) is 11.1. The fourth-order valence-electron chi connectivity index (χ4n) is 2.64. The number of rotatable bonds is 1. The van der Waals surface area contributed by atoms with Gasteiger partial charge in [-0.3, -0.25) is 0 Å². The topological polar surface area (TPSA) is 46.0 Å². The summed E-state index contributed by atoms with van der Waals surface area (Å²) >= 11 is 12.2. The number of nitrogens with zero attached hydrogens (tertiary/aromatic N) is 2. The largest absolute Gasteiger partial charge is 0.493 e. The average molecular weight is 295 g/mol. The van der Waals surface area contributed by atoms with Crippen molar-refractivity contribution in [3.8, 4) is 5.88 Å². The van der Waals surface area contributed by atoms with E-state index < -0.39 is 0 Å². The number of aromatic nitrogens is 2. The van der Waals surface area contributed by atoms with Crippen LogP contribution in [0.15, 0.2) is 18.2 Å². The molecule has 0 spiro atoms. The van der Waals surface area contributed by atoms with Gasteiger partial charge in [0.25, 0.3) is 0 Å². The lowest BCUT2D eigenvalue weighted by Crippen LogP contribution is -2.02. The van der Waals surface area contributed by atoms with Gasteiger partial charge in [-0.15, -0.1) is 0 Å². The molecule has 0 aliphatic heterocycles. The summed E-state index contributed by atoms with van der Waals surface area (Å²) < 4.78 is 0. The first-order chi connectivity index (χ1) is 9.06. The van der Waals surface area contributed by atoms with E-state index in [0.29, 0.717) is 15.9 Å². The monoisotopic (exact) mass is 294 g/mol. The van der Waals surface area contributed by atoms with Gasteiger partial charge in [0.1, 0.15) is 5.82 Å². The van der Waals surface area contributed by atoms with Gasteiger partial charge >= 0.3 is 0 Å². The van der Waals surface area contributed by atoms with Crippen LogP contribution >= 0.6 is 23.2 Å². The van der Waals surface area contributed by atoms with E-state index in [1.165, 1.54) is 0 Å². The third-order valence-corrected chi connectivity index (χ3v) is 4.04. The Balaban J connectivity index is 2.11. The maximum atomic E-state index is 9.89. The maximum Gasteiger partial charge on any atom is 0.217 e. The second-order valence-electron chi connectivity index (χ2n) is 4.72. The lowest BCUT2D eigenvalue weighted by atomic mass is 9.96. The molecule has 19 heavy (non-hydrogen) atoms. The van der Waals surface area contributed by atoms with Crippen LogP contribution in [-0.2, 0) is 6.42 Å². The molecule has 1 heterocycles. The molecule has 1 aromatic heterocycles. The van der Waals surface area contributed by atoms with Crippen molar-refractivity contribution >= 4 is 23.2 Å². The summed E-state index contributed by atoms with van der Waals surface area (Å²) in [6.07, 6.45) is 1.65. The van der Waals surface area contributed by atoms with Crippen LogP contribution in [0.4, 0.5) is 0 Å². The Morgan fingerprint density at radius 3 is 2.79 bits per heavy atom. The van der Waals surface area contributed by atoms with Crippen molar-refractivity contribution in [2.24, 2.45) is 0 Å². The minimum atomic E-state index is 0.0927. The van der Waals surface area contributed by atoms with Gasteiger partial charge in [0.2, 0.25) is 5.88 Å². The first-order valence-corrected chi connectivity index (χ1v) is 6.83. The molecular weight excluding hydrogens is 283 g/mol. The molecule has 3 rings (SSSR count). The Morgan fingerprint density at radius 2 is 2.05 bits per heavy atom. The van der Waals surface area contributed by atoms with Crippen molar-refractivity contribution in [3.05, 3.63) is 50.9 Å². The summed E-state index contributed by atoms with van der Waals surface area (Å²) in [5.74, 6) is 0.774. The highest BCUT2D eigenvalue weighted by Gasteiger charge is 2.30. The molecule has 1 aliphatic carbocycles. The van der Waals surface area contributed by atoms with Gasteiger partial charge in [0.05, 0.1) is 5.69 Å². The molecule has 2 aromatic rings. The van der Waals surface area contributed by atoms with Gasteiger partial charge in [0.15, 0.2) is 0 Å². The molecule has 3 nitrogen and oxygen atoms in total. The van der Waals surface area contributed by atoms with E-state index in [4.69, 9.17) is 23.2 Å². The van der Waals surface area contributed by atoms with E-state index in [1.54, 1.807) is 13.0 Å². The fraction of sp³-hybridized carbons (Fsp3) is 0.286. The third kappa shape index (κ3) is 2.17. The van der Waals surface area contributed by atoms with Crippen LogP contribution in [0, 0.1) is 6.92 Å². The van der Waals surface area contributed by atoms with E-state index in [1.807, 2.05) is 12.1 Å². The highest BCUT2D eigenvalue weighted by atomic mass is 35.5. The van der Waals surface area contributed by atoms with Gasteiger partial charge in [-0.25, -0.2) is 4.98 Å². The van der Waals surface area contributed by atoms with Crippen LogP contribution in [0.3, 0.4) is 0 Å². The second-order valence-corrected chi connectivity index (χ2v) is 5.56. The summed E-state index contributed by atoms with van der Waals surface area (Å²) in [6.45, 7) is 1.78. The quantitative estimate of drug-likeness (QED) is 0.868. The Morgan fingerprint density at radius 1 is 1.26 bits per heavy atom. The van der Waals surface area contributed by atoms with Crippen molar-refractivity contribution in [2.45, 2.75) is 25.7 Å². The predicted molar refractivity (Wildman–Crippen MR) is 75.1 cm³/mol. The van der Waals surface area contributed by atoms with E-state index >= 15 is 0 Å². The molecule has 0 radical (unpaired) electrons. The number of benzene rings is 1. The SMILES string of the molecule is Cc1nc(O)c2c(n1)C(c1ccc(Cl)cc1Cl)CC2. The molecule has 0 amide bonds. The van der Waals surface area contributed by atoms with Gasteiger partial charge in [-0.1, -0.05) is 29.3 Å². The van der Waals surface area contributed by atoms with Crippen LogP contribution in [0.1, 0.15) is 35.0 Å². The Labute approximate surface area is 121 Å². The summed E-state index contributed by atoms with van der Waals surface area (Å²) in [6, 6.07) is 5.50. The molecular formula is C14H12Cl2N2O. The molecule has 0 bridgehead atoms. The number of halogens is 2. The molecule has 1 N–H and O–H groups in total. The van der Waals surface area contributed by atoms with Gasteiger partial charge in [0, 0.05) is 21.5 Å². The molecule has 0 saturated heterocycles. The molecule has 5 heteroatoms. The van der Waals surface area contributed by atoms with Crippen LogP contribution in [0.5, 0.6) is 5.88 Å². The first kappa shape index (κ1) is 12.7. The molecule has 1 unspecified atom stereocenters. The highest BCUT2D eigenvalue weighted by molar-refractivity contribution is 6.35. The van der Waals surface area contributed by atoms with Crippen molar-refractivity contribution in [1.82, 2.24) is 9.97 Å². The molecule has 1 aliphatic rings. The van der Waals surface area contributed by atoms with Crippen LogP contribution in [0.2, 0.25) is 10.0 Å². The van der Waals surface area contributed by atoms with Crippen LogP contribution in [0.25, 0.3) is 0 Å². The Kier molecular flexibility index (Phi) is 3.11. The molecule has 0 saturated carbocycles. The van der Waals surface area contributed by atoms with Gasteiger partial charge in [-0.05, 0) is 37.5 Å². The predicted octanol–water partition coefficient (Wildman–Crippen LogP) is 3.88. The fourth-order valence-corrected chi connectivity index (χ4v) is 3.18. The average Bonchev–Trinajstić information content (AvgIpc) is 2.73. The van der Waals surface area contributed by atoms with Gasteiger partial charge < -0.3 is 5.11 Å². The normalized spacial score (nSPS) is 17.5. The van der Waals surface area contributed by atoms with E-state index in [0.717, 1.165) is 29.7 Å². The smallest absolute Gasteiger partial charge is 0.217 e. The number of aromatic hydroxyl groups is 1. The third-order valence-electron chi connectivity index (χ3n) is 3.48. The minimum Gasteiger partial charge on any atom is -0.493 e. The zero-order chi connectivity index (χ0) is 13.6. The lowest BCUT2D eigenvalue weighted by molar-refractivity contribution is 0.443. The molecule has 1 atom stereocenters. The molecule has 98 valence electrons. The second kappa shape index (κ2) is 4.66. The van der Waals surface area contributed by atoms with E-state index in [-0.39, 0.29) is 11.8 Å². The number of hydrogen-bond donors (Lipinski definition) is 1. The van der Waals surface area contributed by atoms with E-state index in [9.17, 15) is 5.11 Å². The summed E-state index contributed by atoms with van der Waals surface area (Å²) in [7, 11) is 0. The maximum absolute atomic E-state index is 9.89. The van der Waals surface area contributed by atoms with E-state index in [2.05, 4.69) is 9.97 Å². The number of hydrogen-bond acceptors (Lipinski definition) is 3. The van der Waals surface area contributed by atoms with Crippen LogP contribution < -0.4 is 0 Å². The summed E-state index contributed by atoms with van der Waals surface area (Å²) in [4.78, 5) is 8.47. The van der Waals surface area contributed by atoms with Crippen molar-refractivity contribution in [3.63, 3.8) is 0 Å². The zero-order valence-electron chi connectivity index (χ0n) is 10.3. The summed E-state index contributed by atoms with van der Waals surface area (Å²) in [5.41, 5.74) is 2.72. The van der Waals surface area contributed by atoms with Crippen molar-refractivity contribution < 1.29 is 5.11 Å². The Bertz CT molecular complexity index is 658. The Hall–Kier alpha value is -1.32. The van der Waals surface area contributed by atoms with Crippen LogP contribution in [-0.4, -0.2) is 15.1 Å². The number of aryl methyl sites for hydroxylation is 1. The number of fused-ring (bicyclic) bond motifs is 1. The first-order valence-electron chi connectivity index (χ1n) is 6.07. The standard InChI is InChI=1S/C14H12Cl2N2O/c1-7-17-13-10(4-5-11(13)14(19)18-7)9-3-2-8(15)6-12(9)16/h2-3,6,10H,4-5H2,1H3,(H,17,18,19). The minimum absolute atomic E-state index is 0.0927. The van der Waals surface area contributed by atoms with Crippen molar-refractivity contribution in [1.29, 1.82) is 0 Å². The lowest BCUT2D eigenvalue weighted by Gasteiger charge is -2.13. The van der Waals surface area contributed by atoms with Crippen molar-refractivity contribution in [2.75, 3.05) is 0 Å².